The van der Waals surface area contributed by atoms with E-state index in [4.69, 9.17) is 4.99 Å². The van der Waals surface area contributed by atoms with Gasteiger partial charge in [0.1, 0.15) is 0 Å². The fourth-order valence-corrected chi connectivity index (χ4v) is 12.0. The molecule has 3 aromatic carbocycles. The van der Waals surface area contributed by atoms with Crippen LogP contribution in [-0.4, -0.2) is 12.0 Å². The zero-order valence-corrected chi connectivity index (χ0v) is 38.6. The van der Waals surface area contributed by atoms with Crippen molar-refractivity contribution < 1.29 is 4.79 Å². The van der Waals surface area contributed by atoms with Gasteiger partial charge in [0.15, 0.2) is 6.29 Å². The van der Waals surface area contributed by atoms with Crippen molar-refractivity contribution >= 4 is 39.1 Å². The molecular weight excluding hydrogens is 763 g/mol. The molecule has 2 heteroatoms. The van der Waals surface area contributed by atoms with E-state index in [-0.39, 0.29) is 23.2 Å². The molecule has 1 fully saturated rings. The average Bonchev–Trinajstić information content (AvgIpc) is 3.48. The summed E-state index contributed by atoms with van der Waals surface area (Å²) in [6, 6.07) is 19.9. The smallest absolute Gasteiger partial charge is 0.152 e. The van der Waals surface area contributed by atoms with Gasteiger partial charge in [-0.05, 0) is 168 Å². The maximum Gasteiger partial charge on any atom is 0.152 e. The molecule has 9 rings (SSSR count). The SMILES string of the molecule is C/C=C\C(C)=C/C(C)(C)C/C(C1=CCCC=C1)=C(\C=O)C1=NC#CC(c2ccc3c(C4=CC=C5C(C)CCCC5C4)c4ccccc4c(C4C=CC5=C(CCC=C5)C4)c3c2)[C@H](C)C1. The summed E-state index contributed by atoms with van der Waals surface area (Å²) in [7, 11) is 0. The minimum absolute atomic E-state index is 0.0331. The van der Waals surface area contributed by atoms with Gasteiger partial charge in [0.2, 0.25) is 0 Å². The lowest BCUT2D eigenvalue weighted by molar-refractivity contribution is -0.104. The van der Waals surface area contributed by atoms with Gasteiger partial charge in [-0.2, -0.15) is 0 Å². The number of benzene rings is 3. The monoisotopic (exact) mass is 828 g/mol. The topological polar surface area (TPSA) is 29.4 Å². The summed E-state index contributed by atoms with van der Waals surface area (Å²) in [6.45, 7) is 13.5. The van der Waals surface area contributed by atoms with Crippen LogP contribution in [-0.2, 0) is 4.79 Å². The third kappa shape index (κ3) is 8.74. The molecule has 0 radical (unpaired) electrons. The predicted octanol–water partition coefficient (Wildman–Crippen LogP) is 16.1. The van der Waals surface area contributed by atoms with Gasteiger partial charge >= 0.3 is 0 Å². The largest absolute Gasteiger partial charge is 0.298 e. The van der Waals surface area contributed by atoms with Crippen molar-refractivity contribution in [2.24, 2.45) is 28.2 Å². The van der Waals surface area contributed by atoms with Crippen molar-refractivity contribution in [2.75, 3.05) is 0 Å². The highest BCUT2D eigenvalue weighted by molar-refractivity contribution is 6.17. The Kier molecular flexibility index (Phi) is 12.4. The summed E-state index contributed by atoms with van der Waals surface area (Å²) in [6.07, 6.45) is 40.6. The number of nitrogens with zero attached hydrogens (tertiary/aromatic N) is 1. The predicted molar refractivity (Wildman–Crippen MR) is 269 cm³/mol. The molecule has 4 unspecified atom stereocenters. The first kappa shape index (κ1) is 42.8. The van der Waals surface area contributed by atoms with Crippen molar-refractivity contribution in [1.82, 2.24) is 0 Å². The Morgan fingerprint density at radius 3 is 2.54 bits per heavy atom. The molecule has 5 aliphatic carbocycles. The lowest BCUT2D eigenvalue weighted by Gasteiger charge is -2.34. The third-order valence-corrected chi connectivity index (χ3v) is 14.9. The van der Waals surface area contributed by atoms with Gasteiger partial charge in [0.05, 0.1) is 11.6 Å². The van der Waals surface area contributed by atoms with Crippen LogP contribution in [0.25, 0.3) is 27.1 Å². The fourth-order valence-electron chi connectivity index (χ4n) is 12.0. The molecule has 1 aliphatic heterocycles. The zero-order valence-electron chi connectivity index (χ0n) is 38.6. The Morgan fingerprint density at radius 2 is 1.73 bits per heavy atom. The molecule has 0 bridgehead atoms. The minimum atomic E-state index is -0.170. The number of fused-ring (bicyclic) bond motifs is 3. The van der Waals surface area contributed by atoms with Gasteiger partial charge in [-0.3, -0.25) is 4.79 Å². The van der Waals surface area contributed by atoms with Gasteiger partial charge in [-0.25, -0.2) is 4.99 Å². The third-order valence-electron chi connectivity index (χ3n) is 14.9. The Balaban J connectivity index is 1.15. The summed E-state index contributed by atoms with van der Waals surface area (Å²) < 4.78 is 0. The molecule has 5 atom stereocenters. The molecule has 63 heavy (non-hydrogen) atoms. The van der Waals surface area contributed by atoms with Gasteiger partial charge < -0.3 is 0 Å². The summed E-state index contributed by atoms with van der Waals surface area (Å²) >= 11 is 0. The van der Waals surface area contributed by atoms with E-state index in [0.717, 1.165) is 68.1 Å². The highest BCUT2D eigenvalue weighted by Crippen LogP contribution is 2.49. The van der Waals surface area contributed by atoms with Crippen molar-refractivity contribution in [1.29, 1.82) is 0 Å². The summed E-state index contributed by atoms with van der Waals surface area (Å²) in [4.78, 5) is 18.3. The van der Waals surface area contributed by atoms with Crippen molar-refractivity contribution in [3.8, 4) is 12.0 Å². The highest BCUT2D eigenvalue weighted by atomic mass is 16.1. The highest BCUT2D eigenvalue weighted by Gasteiger charge is 2.32. The van der Waals surface area contributed by atoms with E-state index in [2.05, 4.69) is 169 Å². The Labute approximate surface area is 377 Å². The number of allylic oxidation sites excluding steroid dienone is 20. The molecule has 0 amide bonds. The molecule has 1 heterocycles. The van der Waals surface area contributed by atoms with E-state index in [1.54, 1.807) is 11.1 Å². The Hall–Kier alpha value is -5.52. The summed E-state index contributed by atoms with van der Waals surface area (Å²) in [5.74, 6) is 5.34. The van der Waals surface area contributed by atoms with E-state index in [1.807, 2.05) is 0 Å². The number of hydrogen-bond acceptors (Lipinski definition) is 2. The van der Waals surface area contributed by atoms with Gasteiger partial charge in [0, 0.05) is 17.5 Å². The van der Waals surface area contributed by atoms with Crippen LogP contribution >= 0.6 is 0 Å². The van der Waals surface area contributed by atoms with E-state index in [1.165, 1.54) is 74.2 Å². The first-order chi connectivity index (χ1) is 30.6. The second-order valence-electron chi connectivity index (χ2n) is 20.1. The quantitative estimate of drug-likeness (QED) is 0.0658. The zero-order chi connectivity index (χ0) is 43.7. The van der Waals surface area contributed by atoms with E-state index < -0.39 is 0 Å². The maximum absolute atomic E-state index is 13.4. The normalized spacial score (nSPS) is 25.4. The molecule has 0 spiro atoms. The first-order valence-corrected chi connectivity index (χ1v) is 24.0. The van der Waals surface area contributed by atoms with Gasteiger partial charge in [0.25, 0.3) is 0 Å². The van der Waals surface area contributed by atoms with Crippen LogP contribution in [0.2, 0.25) is 0 Å². The molecule has 3 aromatic rings. The van der Waals surface area contributed by atoms with Crippen LogP contribution in [0, 0.1) is 35.1 Å². The second kappa shape index (κ2) is 18.3. The molecular formula is C61H65NO. The van der Waals surface area contributed by atoms with Crippen LogP contribution in [0.5, 0.6) is 0 Å². The van der Waals surface area contributed by atoms with Gasteiger partial charge in [-0.1, -0.05) is 166 Å². The number of rotatable bonds is 10. The summed E-state index contributed by atoms with van der Waals surface area (Å²) in [5, 5.41) is 5.46. The Morgan fingerprint density at radius 1 is 0.905 bits per heavy atom. The van der Waals surface area contributed by atoms with Crippen LogP contribution in [0.4, 0.5) is 0 Å². The molecule has 0 saturated heterocycles. The van der Waals surface area contributed by atoms with Crippen LogP contribution in [0.1, 0.15) is 141 Å². The second-order valence-corrected chi connectivity index (χ2v) is 20.1. The summed E-state index contributed by atoms with van der Waals surface area (Å²) in [5.41, 5.74) is 15.0. The number of aliphatic imine (C=N–C) groups is 1. The molecule has 320 valence electrons. The average molecular weight is 828 g/mol. The van der Waals surface area contributed by atoms with Crippen LogP contribution in [0.15, 0.2) is 159 Å². The number of hydrogen-bond donors (Lipinski definition) is 0. The molecule has 0 N–H and O–H groups in total. The molecule has 2 nitrogen and oxygen atoms in total. The number of carbonyl (C=O) groups is 1. The number of carbonyl (C=O) groups excluding carboxylic acids is 1. The standard InChI is InChI=1S/C61H65NO/c1-7-16-40(2)37-61(5,6)38-56(44-19-9-8-10-20-44)57(39-63)58-33-42(4)51(31-32-62-58)47-27-30-54-55(36-47)60(48-26-25-43-18-11-12-21-45(43)34-48)53-24-14-13-23-52(53)59(54)49-28-29-50-41(3)17-15-22-46(50)35-49/h7,9,11,13-14,16,18-20,23-30,36-37,39,41-42,46,48,51H,8,10,12,15,17,21-22,33-35,38H2,1-6H3/b16-7-,40-37-,57-56-/t41?,42-,46?,48?,51?/m1/s1. The Bertz CT molecular complexity index is 2760. The minimum Gasteiger partial charge on any atom is -0.298 e. The van der Waals surface area contributed by atoms with Crippen molar-refractivity contribution in [2.45, 2.75) is 124 Å². The maximum atomic E-state index is 13.4. The number of aldehydes is 1. The molecule has 1 saturated carbocycles. The lowest BCUT2D eigenvalue weighted by atomic mass is 9.70. The fraction of sp³-hybridized carbons (Fsp3) is 0.377. The van der Waals surface area contributed by atoms with Crippen molar-refractivity contribution in [3.05, 3.63) is 171 Å². The molecule has 0 aromatic heterocycles. The van der Waals surface area contributed by atoms with Gasteiger partial charge in [-0.15, -0.1) is 0 Å². The molecule has 6 aliphatic rings. The van der Waals surface area contributed by atoms with E-state index >= 15 is 0 Å². The van der Waals surface area contributed by atoms with Crippen LogP contribution in [0.3, 0.4) is 0 Å². The van der Waals surface area contributed by atoms with Crippen LogP contribution < -0.4 is 0 Å². The lowest BCUT2D eigenvalue weighted by Crippen LogP contribution is -2.20. The van der Waals surface area contributed by atoms with E-state index in [9.17, 15) is 4.79 Å². The van der Waals surface area contributed by atoms with E-state index in [0.29, 0.717) is 23.8 Å². The van der Waals surface area contributed by atoms with Crippen molar-refractivity contribution in [3.63, 3.8) is 0 Å². The first-order valence-electron chi connectivity index (χ1n) is 24.0.